The maximum atomic E-state index is 13.4. The molecule has 2 atom stereocenters. The number of amides is 3. The fourth-order valence-electron chi connectivity index (χ4n) is 3.24. The van der Waals surface area contributed by atoms with Crippen molar-refractivity contribution in [2.45, 2.75) is 12.2 Å². The van der Waals surface area contributed by atoms with Gasteiger partial charge in [-0.2, -0.15) is 13.2 Å². The monoisotopic (exact) mass is 369 g/mol. The quantitative estimate of drug-likeness (QED) is 0.838. The molecule has 2 N–H and O–H groups in total. The molecule has 0 bridgehead atoms. The highest BCUT2D eigenvalue weighted by Crippen LogP contribution is 2.39. The van der Waals surface area contributed by atoms with Gasteiger partial charge in [0, 0.05) is 18.8 Å². The summed E-state index contributed by atoms with van der Waals surface area (Å²) in [5.41, 5.74) is -0.977. The molecule has 2 saturated heterocycles. The second-order valence-electron chi connectivity index (χ2n) is 6.10. The summed E-state index contributed by atoms with van der Waals surface area (Å²) in [4.78, 5) is 26.3. The zero-order valence-electron chi connectivity index (χ0n) is 13.8. The van der Waals surface area contributed by atoms with Crippen LogP contribution >= 0.6 is 0 Å². The van der Waals surface area contributed by atoms with Gasteiger partial charge in [-0.05, 0) is 11.6 Å². The number of hydrogen-bond donors (Lipinski definition) is 2. The molecule has 3 rings (SSSR count). The highest BCUT2D eigenvalue weighted by Gasteiger charge is 2.44. The summed E-state index contributed by atoms with van der Waals surface area (Å²) in [7, 11) is 0. The average Bonchev–Trinajstić information content (AvgIpc) is 2.60. The van der Waals surface area contributed by atoms with Gasteiger partial charge in [-0.3, -0.25) is 4.79 Å². The van der Waals surface area contributed by atoms with E-state index in [1.54, 1.807) is 0 Å². The van der Waals surface area contributed by atoms with Crippen LogP contribution in [-0.2, 0) is 15.7 Å². The number of nitrogens with one attached hydrogen (secondary N) is 2. The number of rotatable bonds is 2. The molecule has 2 aliphatic heterocycles. The molecule has 0 radical (unpaired) electrons. The Balaban J connectivity index is 2.00. The van der Waals surface area contributed by atoms with Crippen LogP contribution in [0, 0.1) is 5.92 Å². The van der Waals surface area contributed by atoms with Crippen LogP contribution in [0.15, 0.2) is 36.5 Å². The SMILES string of the molecule is C=C1NC(=O)N[C@H](c2ccccc2C(F)(F)F)[C@@H]1C(=O)N1CCOCC1. The van der Waals surface area contributed by atoms with Crippen LogP contribution in [0.25, 0.3) is 0 Å². The number of carbonyl (C=O) groups excluding carboxylic acids is 2. The summed E-state index contributed by atoms with van der Waals surface area (Å²) >= 11 is 0. The van der Waals surface area contributed by atoms with Crippen LogP contribution in [0.2, 0.25) is 0 Å². The van der Waals surface area contributed by atoms with Crippen molar-refractivity contribution in [3.63, 3.8) is 0 Å². The summed E-state index contributed by atoms with van der Waals surface area (Å²) in [6, 6.07) is 3.06. The lowest BCUT2D eigenvalue weighted by Crippen LogP contribution is -2.55. The van der Waals surface area contributed by atoms with Crippen LogP contribution in [0.3, 0.4) is 0 Å². The molecule has 0 unspecified atom stereocenters. The van der Waals surface area contributed by atoms with Gasteiger partial charge >= 0.3 is 12.2 Å². The minimum absolute atomic E-state index is 0.0761. The third kappa shape index (κ3) is 3.52. The first-order chi connectivity index (χ1) is 12.3. The Morgan fingerprint density at radius 3 is 2.54 bits per heavy atom. The van der Waals surface area contributed by atoms with Gasteiger partial charge in [-0.25, -0.2) is 4.79 Å². The fourth-order valence-corrected chi connectivity index (χ4v) is 3.24. The molecule has 2 fully saturated rings. The normalized spacial score (nSPS) is 24.0. The van der Waals surface area contributed by atoms with Gasteiger partial charge in [0.2, 0.25) is 5.91 Å². The summed E-state index contributed by atoms with van der Waals surface area (Å²) in [5.74, 6) is -1.44. The maximum Gasteiger partial charge on any atom is 0.416 e. The first-order valence-electron chi connectivity index (χ1n) is 8.08. The van der Waals surface area contributed by atoms with Crippen LogP contribution in [0.5, 0.6) is 0 Å². The Bertz CT molecular complexity index is 729. The number of halogens is 3. The van der Waals surface area contributed by atoms with Gasteiger partial charge in [0.15, 0.2) is 0 Å². The van der Waals surface area contributed by atoms with Crippen molar-refractivity contribution in [1.82, 2.24) is 15.5 Å². The van der Waals surface area contributed by atoms with E-state index in [4.69, 9.17) is 4.74 Å². The lowest BCUT2D eigenvalue weighted by Gasteiger charge is -2.38. The van der Waals surface area contributed by atoms with Crippen molar-refractivity contribution in [3.8, 4) is 0 Å². The van der Waals surface area contributed by atoms with Crippen molar-refractivity contribution in [3.05, 3.63) is 47.7 Å². The van der Waals surface area contributed by atoms with E-state index in [1.807, 2.05) is 0 Å². The van der Waals surface area contributed by atoms with E-state index in [9.17, 15) is 22.8 Å². The minimum atomic E-state index is -4.61. The van der Waals surface area contributed by atoms with E-state index < -0.39 is 35.6 Å². The van der Waals surface area contributed by atoms with Crippen molar-refractivity contribution in [2.75, 3.05) is 26.3 Å². The summed E-state index contributed by atoms with van der Waals surface area (Å²) in [5, 5.41) is 4.86. The lowest BCUT2D eigenvalue weighted by molar-refractivity contribution is -0.142. The van der Waals surface area contributed by atoms with E-state index in [0.717, 1.165) is 6.07 Å². The third-order valence-corrected chi connectivity index (χ3v) is 4.46. The van der Waals surface area contributed by atoms with E-state index in [0.29, 0.717) is 26.3 Å². The topological polar surface area (TPSA) is 70.7 Å². The zero-order chi connectivity index (χ0) is 18.9. The van der Waals surface area contributed by atoms with E-state index in [1.165, 1.54) is 23.1 Å². The number of benzene rings is 1. The molecule has 9 heteroatoms. The Kier molecular flexibility index (Phi) is 4.90. The number of hydrogen-bond acceptors (Lipinski definition) is 3. The van der Waals surface area contributed by atoms with E-state index >= 15 is 0 Å². The second kappa shape index (κ2) is 6.99. The molecule has 3 amide bonds. The lowest BCUT2D eigenvalue weighted by atomic mass is 9.85. The Labute approximate surface area is 148 Å². The van der Waals surface area contributed by atoms with Crippen molar-refractivity contribution >= 4 is 11.9 Å². The van der Waals surface area contributed by atoms with Crippen LogP contribution in [0.1, 0.15) is 17.2 Å². The van der Waals surface area contributed by atoms with Gasteiger partial charge in [0.25, 0.3) is 0 Å². The molecule has 1 aromatic rings. The molecule has 2 heterocycles. The predicted molar refractivity (Wildman–Crippen MR) is 85.9 cm³/mol. The van der Waals surface area contributed by atoms with Crippen molar-refractivity contribution in [2.24, 2.45) is 5.92 Å². The molecule has 0 aliphatic carbocycles. The summed E-state index contributed by atoms with van der Waals surface area (Å²) in [6.45, 7) is 5.08. The molecular weight excluding hydrogens is 351 g/mol. The van der Waals surface area contributed by atoms with Gasteiger partial charge in [0.05, 0.1) is 24.8 Å². The molecule has 0 spiro atoms. The molecule has 140 valence electrons. The molecule has 0 aromatic heterocycles. The minimum Gasteiger partial charge on any atom is -0.378 e. The standard InChI is InChI=1S/C17H18F3N3O3/c1-10-13(15(24)23-6-8-26-9-7-23)14(22-16(25)21-10)11-4-2-3-5-12(11)17(18,19)20/h2-5,13-14H,1,6-9H2,(H2,21,22,25)/t13-,14-/m1/s1. The predicted octanol–water partition coefficient (Wildman–Crippen LogP) is 2.05. The van der Waals surface area contributed by atoms with Crippen LogP contribution < -0.4 is 10.6 Å². The number of nitrogens with zero attached hydrogens (tertiary/aromatic N) is 1. The Morgan fingerprint density at radius 2 is 1.88 bits per heavy atom. The molecule has 2 aliphatic rings. The van der Waals surface area contributed by atoms with Gasteiger partial charge in [0.1, 0.15) is 5.92 Å². The molecule has 1 aromatic carbocycles. The number of ether oxygens (including phenoxy) is 1. The number of carbonyl (C=O) groups is 2. The highest BCUT2D eigenvalue weighted by atomic mass is 19.4. The average molecular weight is 369 g/mol. The molecule has 26 heavy (non-hydrogen) atoms. The van der Waals surface area contributed by atoms with E-state index in [-0.39, 0.29) is 11.3 Å². The van der Waals surface area contributed by atoms with Crippen molar-refractivity contribution in [1.29, 1.82) is 0 Å². The number of urea groups is 1. The highest BCUT2D eigenvalue weighted by molar-refractivity contribution is 5.88. The molecular formula is C17H18F3N3O3. The summed E-state index contributed by atoms with van der Waals surface area (Å²) in [6.07, 6.45) is -4.61. The van der Waals surface area contributed by atoms with Crippen molar-refractivity contribution < 1.29 is 27.5 Å². The molecule has 6 nitrogen and oxygen atoms in total. The maximum absolute atomic E-state index is 13.4. The van der Waals surface area contributed by atoms with Crippen LogP contribution in [-0.4, -0.2) is 43.1 Å². The van der Waals surface area contributed by atoms with Crippen LogP contribution in [0.4, 0.5) is 18.0 Å². The Hall–Kier alpha value is -2.55. The first kappa shape index (κ1) is 18.2. The zero-order valence-corrected chi connectivity index (χ0v) is 13.8. The van der Waals surface area contributed by atoms with E-state index in [2.05, 4.69) is 17.2 Å². The second-order valence-corrected chi connectivity index (χ2v) is 6.10. The number of morpholine rings is 1. The molecule has 0 saturated carbocycles. The smallest absolute Gasteiger partial charge is 0.378 e. The van der Waals surface area contributed by atoms with Gasteiger partial charge in [-0.15, -0.1) is 0 Å². The summed E-state index contributed by atoms with van der Waals surface area (Å²) < 4.78 is 45.5. The first-order valence-corrected chi connectivity index (χ1v) is 8.08. The van der Waals surface area contributed by atoms with Gasteiger partial charge < -0.3 is 20.3 Å². The third-order valence-electron chi connectivity index (χ3n) is 4.46. The number of alkyl halides is 3. The van der Waals surface area contributed by atoms with Gasteiger partial charge in [-0.1, -0.05) is 24.8 Å². The Morgan fingerprint density at radius 1 is 1.23 bits per heavy atom. The fraction of sp³-hybridized carbons (Fsp3) is 0.412. The largest absolute Gasteiger partial charge is 0.416 e.